The highest BCUT2D eigenvalue weighted by Gasteiger charge is 2.23. The largest absolute Gasteiger partial charge is 0.329 e. The maximum atomic E-state index is 11.4. The Balaban J connectivity index is 3.92. The molecule has 0 unspecified atom stereocenters. The van der Waals surface area contributed by atoms with Crippen LogP contribution in [0.4, 0.5) is 0 Å². The van der Waals surface area contributed by atoms with Gasteiger partial charge in [0.2, 0.25) is 0 Å². The second kappa shape index (κ2) is 5.86. The Morgan fingerprint density at radius 1 is 1.54 bits per heavy atom. The van der Waals surface area contributed by atoms with Gasteiger partial charge in [-0.2, -0.15) is 0 Å². The molecule has 0 radical (unpaired) electrons. The molecule has 0 heterocycles. The normalized spacial score (nSPS) is 12.3. The Hall–Kier alpha value is -0.700. The first-order chi connectivity index (χ1) is 6.04. The SMILES string of the molecule is CCCC/N=C\C(=O)C(C)(C)CN. The van der Waals surface area contributed by atoms with Crippen LogP contribution in [0.15, 0.2) is 4.99 Å². The van der Waals surface area contributed by atoms with Gasteiger partial charge in [0.25, 0.3) is 0 Å². The number of rotatable bonds is 6. The van der Waals surface area contributed by atoms with E-state index in [2.05, 4.69) is 11.9 Å². The molecule has 0 aliphatic heterocycles. The second-order valence-corrected chi connectivity index (χ2v) is 3.84. The standard InChI is InChI=1S/C10H20N2O/c1-4-5-6-12-7-9(13)10(2,3)8-11/h7H,4-6,8,11H2,1-3H3/b12-7-. The predicted octanol–water partition coefficient (Wildman–Crippen LogP) is 1.41. The van der Waals surface area contributed by atoms with Crippen LogP contribution in [0.3, 0.4) is 0 Å². The second-order valence-electron chi connectivity index (χ2n) is 3.84. The van der Waals surface area contributed by atoms with E-state index in [0.717, 1.165) is 19.4 Å². The van der Waals surface area contributed by atoms with Crippen molar-refractivity contribution >= 4 is 12.0 Å². The van der Waals surface area contributed by atoms with Crippen LogP contribution < -0.4 is 5.73 Å². The van der Waals surface area contributed by atoms with Gasteiger partial charge in [0.05, 0.1) is 6.21 Å². The van der Waals surface area contributed by atoms with Gasteiger partial charge in [-0.15, -0.1) is 0 Å². The van der Waals surface area contributed by atoms with Gasteiger partial charge < -0.3 is 5.73 Å². The lowest BCUT2D eigenvalue weighted by Crippen LogP contribution is -2.33. The lowest BCUT2D eigenvalue weighted by atomic mass is 9.89. The highest BCUT2D eigenvalue weighted by molar-refractivity contribution is 6.29. The van der Waals surface area contributed by atoms with Gasteiger partial charge in [-0.05, 0) is 6.42 Å². The van der Waals surface area contributed by atoms with Crippen LogP contribution in [-0.4, -0.2) is 25.1 Å². The van der Waals surface area contributed by atoms with Crippen LogP contribution in [0, 0.1) is 5.41 Å². The Bertz CT molecular complexity index is 185. The first kappa shape index (κ1) is 12.3. The third-order valence-corrected chi connectivity index (χ3v) is 2.03. The molecule has 0 aromatic heterocycles. The quantitative estimate of drug-likeness (QED) is 0.501. The summed E-state index contributed by atoms with van der Waals surface area (Å²) >= 11 is 0. The maximum Gasteiger partial charge on any atom is 0.180 e. The number of hydrogen-bond donors (Lipinski definition) is 1. The molecule has 0 fully saturated rings. The van der Waals surface area contributed by atoms with Crippen LogP contribution >= 0.6 is 0 Å². The fourth-order valence-electron chi connectivity index (χ4n) is 0.672. The van der Waals surface area contributed by atoms with Crippen molar-refractivity contribution in [2.75, 3.05) is 13.1 Å². The minimum atomic E-state index is -0.463. The van der Waals surface area contributed by atoms with Crippen LogP contribution in [-0.2, 0) is 4.79 Å². The van der Waals surface area contributed by atoms with Gasteiger partial charge in [0, 0.05) is 18.5 Å². The van der Waals surface area contributed by atoms with Crippen LogP contribution in [0.5, 0.6) is 0 Å². The van der Waals surface area contributed by atoms with E-state index >= 15 is 0 Å². The van der Waals surface area contributed by atoms with Gasteiger partial charge in [-0.3, -0.25) is 9.79 Å². The van der Waals surface area contributed by atoms with E-state index in [1.165, 1.54) is 6.21 Å². The maximum absolute atomic E-state index is 11.4. The molecule has 0 aliphatic carbocycles. The zero-order valence-corrected chi connectivity index (χ0v) is 8.84. The predicted molar refractivity (Wildman–Crippen MR) is 56.1 cm³/mol. The molecular formula is C10H20N2O. The molecule has 0 aliphatic rings. The minimum absolute atomic E-state index is 0.0195. The molecule has 0 amide bonds. The zero-order valence-electron chi connectivity index (χ0n) is 8.84. The molecule has 3 heteroatoms. The molecule has 0 rings (SSSR count). The average molecular weight is 184 g/mol. The summed E-state index contributed by atoms with van der Waals surface area (Å²) in [7, 11) is 0. The van der Waals surface area contributed by atoms with E-state index in [4.69, 9.17) is 5.73 Å². The van der Waals surface area contributed by atoms with Crippen molar-refractivity contribution in [3.8, 4) is 0 Å². The molecule has 2 N–H and O–H groups in total. The Morgan fingerprint density at radius 3 is 2.62 bits per heavy atom. The van der Waals surface area contributed by atoms with Crippen LogP contribution in [0.2, 0.25) is 0 Å². The molecule has 0 spiro atoms. The fourth-order valence-corrected chi connectivity index (χ4v) is 0.672. The number of hydrogen-bond acceptors (Lipinski definition) is 3. The van der Waals surface area contributed by atoms with Crippen molar-refractivity contribution in [3.63, 3.8) is 0 Å². The molecule has 0 saturated carbocycles. The number of carbonyl (C=O) groups excluding carboxylic acids is 1. The third-order valence-electron chi connectivity index (χ3n) is 2.03. The lowest BCUT2D eigenvalue weighted by molar-refractivity contribution is -0.119. The number of unbranched alkanes of at least 4 members (excludes halogenated alkanes) is 1. The summed E-state index contributed by atoms with van der Waals surface area (Å²) in [6.45, 7) is 6.87. The van der Waals surface area contributed by atoms with E-state index in [1.54, 1.807) is 0 Å². The van der Waals surface area contributed by atoms with Gasteiger partial charge in [-0.25, -0.2) is 0 Å². The summed E-state index contributed by atoms with van der Waals surface area (Å²) in [6.07, 6.45) is 3.56. The van der Waals surface area contributed by atoms with Crippen LogP contribution in [0.25, 0.3) is 0 Å². The number of Topliss-reactive ketones (excluding diaryl/α,β-unsaturated/α-hetero) is 1. The van der Waals surface area contributed by atoms with Gasteiger partial charge >= 0.3 is 0 Å². The third kappa shape index (κ3) is 4.78. The summed E-state index contributed by atoms with van der Waals surface area (Å²) < 4.78 is 0. The van der Waals surface area contributed by atoms with Crippen LogP contribution in [0.1, 0.15) is 33.6 Å². The monoisotopic (exact) mass is 184 g/mol. The van der Waals surface area contributed by atoms with Crippen molar-refractivity contribution in [2.45, 2.75) is 33.6 Å². The van der Waals surface area contributed by atoms with Gasteiger partial charge in [0.1, 0.15) is 0 Å². The van der Waals surface area contributed by atoms with Crippen molar-refractivity contribution in [1.29, 1.82) is 0 Å². The Morgan fingerprint density at radius 2 is 2.15 bits per heavy atom. The van der Waals surface area contributed by atoms with Crippen molar-refractivity contribution in [1.82, 2.24) is 0 Å². The number of nitrogens with two attached hydrogens (primary N) is 1. The first-order valence-corrected chi connectivity index (χ1v) is 4.79. The summed E-state index contributed by atoms with van der Waals surface area (Å²) in [5.41, 5.74) is 4.99. The van der Waals surface area contributed by atoms with E-state index in [1.807, 2.05) is 13.8 Å². The number of nitrogens with zero attached hydrogens (tertiary/aromatic N) is 1. The number of ketones is 1. The van der Waals surface area contributed by atoms with Crippen molar-refractivity contribution in [2.24, 2.45) is 16.1 Å². The molecule has 13 heavy (non-hydrogen) atoms. The fraction of sp³-hybridized carbons (Fsp3) is 0.800. The van der Waals surface area contributed by atoms with E-state index in [9.17, 15) is 4.79 Å². The highest BCUT2D eigenvalue weighted by Crippen LogP contribution is 2.12. The molecule has 0 atom stereocenters. The summed E-state index contributed by atoms with van der Waals surface area (Å²) in [4.78, 5) is 15.5. The topological polar surface area (TPSA) is 55.5 Å². The molecule has 3 nitrogen and oxygen atoms in total. The Labute approximate surface area is 80.4 Å². The van der Waals surface area contributed by atoms with Gasteiger partial charge in [-0.1, -0.05) is 27.2 Å². The smallest absolute Gasteiger partial charge is 0.180 e. The Kier molecular flexibility index (Phi) is 5.55. The summed E-state index contributed by atoms with van der Waals surface area (Å²) in [5, 5.41) is 0. The lowest BCUT2D eigenvalue weighted by Gasteiger charge is -2.17. The van der Waals surface area contributed by atoms with Gasteiger partial charge in [0.15, 0.2) is 5.78 Å². The first-order valence-electron chi connectivity index (χ1n) is 4.79. The number of aliphatic imine (C=N–C) groups is 1. The molecule has 76 valence electrons. The molecule has 0 aromatic rings. The molecule has 0 aromatic carbocycles. The minimum Gasteiger partial charge on any atom is -0.329 e. The molecule has 0 bridgehead atoms. The van der Waals surface area contributed by atoms with Crippen molar-refractivity contribution in [3.05, 3.63) is 0 Å². The summed E-state index contributed by atoms with van der Waals surface area (Å²) in [5.74, 6) is 0.0195. The zero-order chi connectivity index (χ0) is 10.3. The van der Waals surface area contributed by atoms with Crippen molar-refractivity contribution < 1.29 is 4.79 Å². The number of carbonyl (C=O) groups is 1. The van der Waals surface area contributed by atoms with E-state index < -0.39 is 5.41 Å². The van der Waals surface area contributed by atoms with E-state index in [-0.39, 0.29) is 5.78 Å². The molecule has 0 saturated heterocycles. The summed E-state index contributed by atoms with van der Waals surface area (Å²) in [6, 6.07) is 0. The van der Waals surface area contributed by atoms with E-state index in [0.29, 0.717) is 6.54 Å². The average Bonchev–Trinajstić information content (AvgIpc) is 2.12. The highest BCUT2D eigenvalue weighted by atomic mass is 16.1. The molecular weight excluding hydrogens is 164 g/mol.